The van der Waals surface area contributed by atoms with Crippen LogP contribution in [0.3, 0.4) is 0 Å². The highest BCUT2D eigenvalue weighted by atomic mass is 31.1. The second-order valence-corrected chi connectivity index (χ2v) is 10.0. The first-order valence-corrected chi connectivity index (χ1v) is 14.0. The molecular weight excluding hydrogens is 587 g/mol. The lowest BCUT2D eigenvalue weighted by molar-refractivity contribution is -0.170. The van der Waals surface area contributed by atoms with E-state index in [1.165, 1.54) is 12.1 Å². The number of H-pyrrole nitrogens is 1. The molecule has 0 spiro atoms. The lowest BCUT2D eigenvalue weighted by Crippen LogP contribution is -2.46. The van der Waals surface area contributed by atoms with Crippen molar-refractivity contribution in [2.75, 3.05) is 13.2 Å². The molecule has 1 aliphatic rings. The average molecular weight is 615 g/mol. The molecule has 2 heterocycles. The quantitative estimate of drug-likeness (QED) is 0.0869. The van der Waals surface area contributed by atoms with Crippen molar-refractivity contribution >= 4 is 14.1 Å². The third-order valence-corrected chi connectivity index (χ3v) is 7.09. The van der Waals surface area contributed by atoms with Gasteiger partial charge in [-0.25, -0.2) is 9.59 Å². The summed E-state index contributed by atoms with van der Waals surface area (Å²) in [6.07, 6.45) is -4.05. The van der Waals surface area contributed by atoms with Crippen molar-refractivity contribution in [1.29, 1.82) is 0 Å². The summed E-state index contributed by atoms with van der Waals surface area (Å²) < 4.78 is 26.8. The SMILES string of the molecule is CCOC(=O)[C@H](Cc1ccccc1)N=[P+]([O-])Oc1ccccc1OC[C@@]1(N=[N+]=[N-])O[C@@H](n2ccc(=O)[nH]c2=O)[C@H](O)[C@@H]1O. The summed E-state index contributed by atoms with van der Waals surface area (Å²) in [5.74, 6) is -0.798. The summed E-state index contributed by atoms with van der Waals surface area (Å²) in [6.45, 7) is 1.04. The number of aliphatic hydroxyl groups is 2. The highest BCUT2D eigenvalue weighted by Crippen LogP contribution is 2.40. The Labute approximate surface area is 244 Å². The largest absolute Gasteiger partial charge is 0.575 e. The Bertz CT molecular complexity index is 1630. The summed E-state index contributed by atoms with van der Waals surface area (Å²) in [6, 6.07) is 14.7. The maximum atomic E-state index is 12.9. The van der Waals surface area contributed by atoms with Gasteiger partial charge in [0.15, 0.2) is 18.0 Å². The second-order valence-electron chi connectivity index (χ2n) is 9.13. The first-order chi connectivity index (χ1) is 20.7. The van der Waals surface area contributed by atoms with E-state index in [1.807, 2.05) is 11.1 Å². The van der Waals surface area contributed by atoms with E-state index in [9.17, 15) is 35.0 Å². The molecule has 1 saturated heterocycles. The van der Waals surface area contributed by atoms with Crippen molar-refractivity contribution in [2.45, 2.75) is 43.5 Å². The number of carbonyl (C=O) groups is 1. The van der Waals surface area contributed by atoms with Gasteiger partial charge in [0.2, 0.25) is 11.5 Å². The Morgan fingerprint density at radius 3 is 2.56 bits per heavy atom. The van der Waals surface area contributed by atoms with E-state index in [0.717, 1.165) is 22.4 Å². The van der Waals surface area contributed by atoms with E-state index in [-0.39, 0.29) is 24.5 Å². The van der Waals surface area contributed by atoms with Gasteiger partial charge >= 0.3 is 19.8 Å². The van der Waals surface area contributed by atoms with E-state index in [0.29, 0.717) is 0 Å². The number of nitrogens with one attached hydrogen (secondary N) is 1. The molecule has 1 aliphatic heterocycles. The molecule has 2 aromatic carbocycles. The normalized spacial score (nSPS) is 22.3. The van der Waals surface area contributed by atoms with Crippen molar-refractivity contribution in [2.24, 2.45) is 9.86 Å². The van der Waals surface area contributed by atoms with Crippen LogP contribution >= 0.6 is 8.17 Å². The van der Waals surface area contributed by atoms with Gasteiger partial charge in [-0.1, -0.05) is 52.3 Å². The minimum atomic E-state index is -2.83. The van der Waals surface area contributed by atoms with Crippen LogP contribution in [0.2, 0.25) is 0 Å². The number of hydrogen-bond acceptors (Lipinski definition) is 12. The fourth-order valence-electron chi connectivity index (χ4n) is 4.22. The number of ether oxygens (including phenoxy) is 3. The molecule has 0 radical (unpaired) electrons. The second kappa shape index (κ2) is 14.1. The van der Waals surface area contributed by atoms with Gasteiger partial charge in [0.25, 0.3) is 5.56 Å². The molecule has 3 aromatic rings. The number of aromatic amines is 1. The van der Waals surface area contributed by atoms with Gasteiger partial charge in [0.05, 0.1) is 6.61 Å². The van der Waals surface area contributed by atoms with Crippen LogP contribution in [0.4, 0.5) is 0 Å². The minimum absolute atomic E-state index is 0.0424. The van der Waals surface area contributed by atoms with Crippen LogP contribution in [0.15, 0.2) is 86.3 Å². The van der Waals surface area contributed by atoms with Crippen LogP contribution in [-0.4, -0.2) is 62.9 Å². The predicted octanol–water partition coefficient (Wildman–Crippen LogP) is 1.28. The third kappa shape index (κ3) is 7.45. The highest BCUT2D eigenvalue weighted by molar-refractivity contribution is 7.34. The predicted molar refractivity (Wildman–Crippen MR) is 148 cm³/mol. The molecule has 0 bridgehead atoms. The van der Waals surface area contributed by atoms with Gasteiger partial charge in [0.1, 0.15) is 18.8 Å². The van der Waals surface area contributed by atoms with Crippen LogP contribution in [0.5, 0.6) is 11.5 Å². The molecule has 1 unspecified atom stereocenters. The molecule has 16 nitrogen and oxygen atoms in total. The van der Waals surface area contributed by atoms with Crippen molar-refractivity contribution in [3.63, 3.8) is 0 Å². The van der Waals surface area contributed by atoms with Crippen molar-refractivity contribution in [3.8, 4) is 11.5 Å². The summed E-state index contributed by atoms with van der Waals surface area (Å²) in [5.41, 5.74) is 6.07. The van der Waals surface area contributed by atoms with E-state index >= 15 is 0 Å². The average Bonchev–Trinajstić information content (AvgIpc) is 3.22. The zero-order valence-electron chi connectivity index (χ0n) is 22.6. The number of rotatable bonds is 12. The smallest absolute Gasteiger partial charge is 0.395 e. The van der Waals surface area contributed by atoms with Gasteiger partial charge < -0.3 is 29.3 Å². The number of nitrogens with zero attached hydrogens (tertiary/aromatic N) is 5. The number of esters is 1. The topological polar surface area (TPSA) is 233 Å². The number of benzene rings is 2. The number of hydrogen-bond donors (Lipinski definition) is 3. The van der Waals surface area contributed by atoms with Gasteiger partial charge in [-0.2, -0.15) is 0 Å². The molecule has 4 rings (SSSR count). The summed E-state index contributed by atoms with van der Waals surface area (Å²) in [5, 5.41) is 24.9. The molecule has 0 amide bonds. The fraction of sp³-hybridized carbons (Fsp3) is 0.346. The Morgan fingerprint density at radius 2 is 1.88 bits per heavy atom. The van der Waals surface area contributed by atoms with Crippen molar-refractivity contribution in [3.05, 3.63) is 104 Å². The molecule has 17 heteroatoms. The van der Waals surface area contributed by atoms with Crippen molar-refractivity contribution in [1.82, 2.24) is 9.55 Å². The minimum Gasteiger partial charge on any atom is -0.575 e. The highest BCUT2D eigenvalue weighted by Gasteiger charge is 2.56. The van der Waals surface area contributed by atoms with Crippen molar-refractivity contribution < 1.29 is 38.6 Å². The lowest BCUT2D eigenvalue weighted by atomic mass is 10.1. The van der Waals surface area contributed by atoms with Gasteiger partial charge in [0, 0.05) is 23.6 Å². The number of aliphatic hydroxyl groups excluding tert-OH is 2. The third-order valence-electron chi connectivity index (χ3n) is 6.27. The van der Waals surface area contributed by atoms with Gasteiger partial charge in [-0.05, 0) is 30.2 Å². The van der Waals surface area contributed by atoms with E-state index in [1.54, 1.807) is 43.3 Å². The standard InChI is InChI=1S/C26H27N6O10P/c1-2-39-24(36)17(14-16-8-4-3-5-9-16)29-43(38)42-19-11-7-6-10-18(19)40-15-26(30-31-27)22(35)21(34)23(41-26)32-13-12-20(33)28-25(32)37/h3-13,17,21-23,34-35H,2,14-15H2,1H3,(H,28,33,37)/t17-,21+,22-,23+,26+/m0/s1. The van der Waals surface area contributed by atoms with Gasteiger partial charge in [-0.3, -0.25) is 18.9 Å². The molecule has 226 valence electrons. The maximum Gasteiger partial charge on any atom is 0.395 e. The summed E-state index contributed by atoms with van der Waals surface area (Å²) >= 11 is 0. The Morgan fingerprint density at radius 1 is 1.19 bits per heavy atom. The maximum absolute atomic E-state index is 12.9. The Hall–Kier alpha value is -4.56. The summed E-state index contributed by atoms with van der Waals surface area (Å²) in [4.78, 5) is 53.8. The van der Waals surface area contributed by atoms with E-state index < -0.39 is 62.2 Å². The zero-order valence-corrected chi connectivity index (χ0v) is 23.5. The van der Waals surface area contributed by atoms with E-state index in [4.69, 9.17) is 18.7 Å². The first-order valence-electron chi connectivity index (χ1n) is 12.9. The number of azide groups is 1. The molecule has 1 aromatic heterocycles. The van der Waals surface area contributed by atoms with Crippen LogP contribution in [-0.2, 0) is 20.7 Å². The van der Waals surface area contributed by atoms with Crippen LogP contribution in [0, 0.1) is 0 Å². The molecule has 3 N–H and O–H groups in total. The Kier molecular flexibility index (Phi) is 10.3. The zero-order chi connectivity index (χ0) is 31.0. The number of carbonyl (C=O) groups excluding carboxylic acids is 1. The lowest BCUT2D eigenvalue weighted by Gasteiger charge is -2.26. The molecule has 6 atom stereocenters. The molecular formula is C26H27N6O10P. The van der Waals surface area contributed by atoms with Crippen LogP contribution in [0.25, 0.3) is 10.4 Å². The monoisotopic (exact) mass is 614 g/mol. The first kappa shape index (κ1) is 31.4. The molecule has 43 heavy (non-hydrogen) atoms. The molecule has 1 fully saturated rings. The van der Waals surface area contributed by atoms with E-state index in [2.05, 4.69) is 14.8 Å². The number of aromatic nitrogens is 2. The molecule has 0 saturated carbocycles. The summed E-state index contributed by atoms with van der Waals surface area (Å²) in [7, 11) is -2.83. The molecule has 0 aliphatic carbocycles. The Balaban J connectivity index is 1.55. The van der Waals surface area contributed by atoms with Crippen LogP contribution in [0.1, 0.15) is 18.7 Å². The number of para-hydroxylation sites is 2. The van der Waals surface area contributed by atoms with Crippen LogP contribution < -0.4 is 25.4 Å². The van der Waals surface area contributed by atoms with Gasteiger partial charge in [-0.15, -0.1) is 0 Å². The fourth-order valence-corrected chi connectivity index (χ4v) is 4.99.